The lowest BCUT2D eigenvalue weighted by Gasteiger charge is -2.29. The molecule has 5 heteroatoms. The number of sulfonamides is 1. The van der Waals surface area contributed by atoms with Crippen molar-refractivity contribution in [3.05, 3.63) is 0 Å². The highest BCUT2D eigenvalue weighted by atomic mass is 32.2. The number of hydrogen-bond acceptors (Lipinski definition) is 3. The smallest absolute Gasteiger partial charge is 0.211 e. The second-order valence-corrected chi connectivity index (χ2v) is 6.99. The Morgan fingerprint density at radius 2 is 1.88 bits per heavy atom. The van der Waals surface area contributed by atoms with Crippen LogP contribution in [-0.2, 0) is 10.0 Å². The predicted octanol–water partition coefficient (Wildman–Crippen LogP) is 1.48. The molecule has 0 bridgehead atoms. The highest BCUT2D eigenvalue weighted by Gasteiger charge is 2.25. The third-order valence-corrected chi connectivity index (χ3v) is 5.02. The number of unbranched alkanes of at least 4 members (excludes halogenated alkanes) is 1. The summed E-state index contributed by atoms with van der Waals surface area (Å²) >= 11 is 0. The third kappa shape index (κ3) is 5.84. The molecule has 0 aromatic rings. The van der Waals surface area contributed by atoms with Crippen LogP contribution in [0, 0.1) is 5.92 Å². The Bertz CT molecular complexity index is 304. The van der Waals surface area contributed by atoms with Gasteiger partial charge in [-0.1, -0.05) is 19.8 Å². The Kier molecular flexibility index (Phi) is 6.44. The molecular weight excluding hydrogens is 236 g/mol. The molecule has 0 aromatic heterocycles. The van der Waals surface area contributed by atoms with Crippen LogP contribution in [-0.4, -0.2) is 33.8 Å². The summed E-state index contributed by atoms with van der Waals surface area (Å²) in [7, 11) is -1.19. The monoisotopic (exact) mass is 262 g/mol. The van der Waals surface area contributed by atoms with Crippen LogP contribution in [0.5, 0.6) is 0 Å². The summed E-state index contributed by atoms with van der Waals surface area (Å²) in [6.45, 7) is 3.03. The molecule has 2 unspecified atom stereocenters. The maximum Gasteiger partial charge on any atom is 0.211 e. The molecule has 1 saturated carbocycles. The molecule has 2 atom stereocenters. The van der Waals surface area contributed by atoms with Gasteiger partial charge in [0.2, 0.25) is 10.0 Å². The molecular formula is C12H26N2O2S. The van der Waals surface area contributed by atoms with E-state index in [2.05, 4.69) is 17.0 Å². The minimum Gasteiger partial charge on any atom is -0.320 e. The van der Waals surface area contributed by atoms with Crippen LogP contribution in [0.4, 0.5) is 0 Å². The van der Waals surface area contributed by atoms with Gasteiger partial charge in [-0.15, -0.1) is 0 Å². The average Bonchev–Trinajstić information content (AvgIpc) is 2.28. The van der Waals surface area contributed by atoms with Crippen molar-refractivity contribution in [2.45, 2.75) is 51.5 Å². The summed E-state index contributed by atoms with van der Waals surface area (Å²) in [5.41, 5.74) is 0. The first-order valence-corrected chi connectivity index (χ1v) is 8.35. The van der Waals surface area contributed by atoms with Gasteiger partial charge in [-0.05, 0) is 45.2 Å². The quantitative estimate of drug-likeness (QED) is 0.683. The highest BCUT2D eigenvalue weighted by Crippen LogP contribution is 2.24. The van der Waals surface area contributed by atoms with Crippen LogP contribution in [0.25, 0.3) is 0 Å². The van der Waals surface area contributed by atoms with Crippen molar-refractivity contribution in [2.24, 2.45) is 5.92 Å². The van der Waals surface area contributed by atoms with Gasteiger partial charge < -0.3 is 5.32 Å². The molecule has 2 N–H and O–H groups in total. The molecule has 0 spiro atoms. The Labute approximate surface area is 106 Å². The topological polar surface area (TPSA) is 58.2 Å². The molecule has 1 aliphatic rings. The van der Waals surface area contributed by atoms with Crippen molar-refractivity contribution in [3.63, 3.8) is 0 Å². The Hall–Kier alpha value is -0.130. The van der Waals surface area contributed by atoms with Crippen molar-refractivity contribution in [2.75, 3.05) is 19.3 Å². The second-order valence-electron chi connectivity index (χ2n) is 5.12. The first-order chi connectivity index (χ1) is 8.05. The largest absolute Gasteiger partial charge is 0.320 e. The molecule has 0 amide bonds. The van der Waals surface area contributed by atoms with Crippen LogP contribution < -0.4 is 10.0 Å². The molecule has 0 aliphatic heterocycles. The first-order valence-electron chi connectivity index (χ1n) is 6.70. The number of nitrogens with one attached hydrogen (secondary N) is 2. The van der Waals surface area contributed by atoms with Crippen LogP contribution in [0.1, 0.15) is 45.4 Å². The first kappa shape index (κ1) is 14.9. The van der Waals surface area contributed by atoms with Crippen LogP contribution in [0.2, 0.25) is 0 Å². The standard InChI is InChI=1S/C12H26N2O2S/c1-11-7-3-4-8-12(11)14-17(15,16)10-6-5-9-13-2/h11-14H,3-10H2,1-2H3. The maximum absolute atomic E-state index is 11.9. The molecule has 1 aliphatic carbocycles. The van der Waals surface area contributed by atoms with Crippen molar-refractivity contribution in [3.8, 4) is 0 Å². The van der Waals surface area contributed by atoms with E-state index < -0.39 is 10.0 Å². The third-order valence-electron chi connectivity index (χ3n) is 3.53. The summed E-state index contributed by atoms with van der Waals surface area (Å²) < 4.78 is 26.6. The molecule has 1 fully saturated rings. The lowest BCUT2D eigenvalue weighted by molar-refractivity contribution is 0.310. The fourth-order valence-corrected chi connectivity index (χ4v) is 3.89. The van der Waals surface area contributed by atoms with Gasteiger partial charge in [-0.3, -0.25) is 0 Å². The maximum atomic E-state index is 11.9. The van der Waals surface area contributed by atoms with Crippen LogP contribution in [0.3, 0.4) is 0 Å². The Morgan fingerprint density at radius 3 is 2.53 bits per heavy atom. The summed E-state index contributed by atoms with van der Waals surface area (Å²) in [5, 5.41) is 3.03. The average molecular weight is 262 g/mol. The van der Waals surface area contributed by atoms with E-state index in [1.807, 2.05) is 7.05 Å². The predicted molar refractivity (Wildman–Crippen MR) is 71.5 cm³/mol. The summed E-state index contributed by atoms with van der Waals surface area (Å²) in [6.07, 6.45) is 6.18. The minimum atomic E-state index is -3.07. The lowest BCUT2D eigenvalue weighted by Crippen LogP contribution is -2.42. The lowest BCUT2D eigenvalue weighted by atomic mass is 9.87. The minimum absolute atomic E-state index is 0.165. The second kappa shape index (κ2) is 7.34. The van der Waals surface area contributed by atoms with Crippen molar-refractivity contribution < 1.29 is 8.42 Å². The van der Waals surface area contributed by atoms with Crippen LogP contribution in [0.15, 0.2) is 0 Å². The molecule has 102 valence electrons. The van der Waals surface area contributed by atoms with E-state index in [1.54, 1.807) is 0 Å². The SMILES string of the molecule is CNCCCCS(=O)(=O)NC1CCCCC1C. The molecule has 1 rings (SSSR count). The zero-order valence-corrected chi connectivity index (χ0v) is 11.9. The highest BCUT2D eigenvalue weighted by molar-refractivity contribution is 7.89. The van der Waals surface area contributed by atoms with E-state index in [1.165, 1.54) is 6.42 Å². The van der Waals surface area contributed by atoms with Gasteiger partial charge in [0, 0.05) is 6.04 Å². The van der Waals surface area contributed by atoms with Crippen molar-refractivity contribution in [1.29, 1.82) is 0 Å². The number of hydrogen-bond donors (Lipinski definition) is 2. The zero-order chi connectivity index (χ0) is 12.7. The molecule has 17 heavy (non-hydrogen) atoms. The van der Waals surface area contributed by atoms with Crippen LogP contribution >= 0.6 is 0 Å². The molecule has 0 saturated heterocycles. The van der Waals surface area contributed by atoms with E-state index >= 15 is 0 Å². The summed E-state index contributed by atoms with van der Waals surface area (Å²) in [4.78, 5) is 0. The summed E-state index contributed by atoms with van der Waals surface area (Å²) in [5.74, 6) is 0.744. The van der Waals surface area contributed by atoms with E-state index in [0.29, 0.717) is 5.92 Å². The van der Waals surface area contributed by atoms with E-state index in [4.69, 9.17) is 0 Å². The molecule has 0 aromatic carbocycles. The van der Waals surface area contributed by atoms with Crippen molar-refractivity contribution in [1.82, 2.24) is 10.0 Å². The number of rotatable bonds is 7. The Balaban J connectivity index is 2.32. The van der Waals surface area contributed by atoms with Gasteiger partial charge in [0.15, 0.2) is 0 Å². The fourth-order valence-electron chi connectivity index (χ4n) is 2.37. The van der Waals surface area contributed by atoms with E-state index in [0.717, 1.165) is 38.6 Å². The van der Waals surface area contributed by atoms with E-state index in [9.17, 15) is 8.42 Å². The van der Waals surface area contributed by atoms with Gasteiger partial charge in [-0.2, -0.15) is 0 Å². The van der Waals surface area contributed by atoms with Crippen molar-refractivity contribution >= 4 is 10.0 Å². The molecule has 0 heterocycles. The zero-order valence-electron chi connectivity index (χ0n) is 11.0. The molecule has 0 radical (unpaired) electrons. The normalized spacial score (nSPS) is 26.0. The van der Waals surface area contributed by atoms with E-state index in [-0.39, 0.29) is 11.8 Å². The van der Waals surface area contributed by atoms with Gasteiger partial charge in [0.1, 0.15) is 0 Å². The van der Waals surface area contributed by atoms with Gasteiger partial charge in [-0.25, -0.2) is 13.1 Å². The molecule has 4 nitrogen and oxygen atoms in total. The van der Waals surface area contributed by atoms with Gasteiger partial charge in [0.05, 0.1) is 5.75 Å². The Morgan fingerprint density at radius 1 is 1.18 bits per heavy atom. The van der Waals surface area contributed by atoms with Gasteiger partial charge in [0.25, 0.3) is 0 Å². The summed E-state index contributed by atoms with van der Waals surface area (Å²) in [6, 6.07) is 0.165. The fraction of sp³-hybridized carbons (Fsp3) is 1.00. The van der Waals surface area contributed by atoms with Gasteiger partial charge >= 0.3 is 0 Å².